The second-order valence-corrected chi connectivity index (χ2v) is 7.55. The number of carbonyl (C=O) groups is 1. The van der Waals surface area contributed by atoms with Gasteiger partial charge in [-0.2, -0.15) is 13.2 Å². The van der Waals surface area contributed by atoms with Crippen LogP contribution in [0, 0.1) is 6.92 Å². The van der Waals surface area contributed by atoms with Crippen LogP contribution in [0.25, 0.3) is 17.0 Å². The number of thioether (sulfide) groups is 1. The summed E-state index contributed by atoms with van der Waals surface area (Å²) in [6.45, 7) is 1.90. The Hall–Kier alpha value is -3.40. The number of aryl methyl sites for hydroxylation is 1. The van der Waals surface area contributed by atoms with Crippen molar-refractivity contribution in [3.05, 3.63) is 72.2 Å². The van der Waals surface area contributed by atoms with Crippen LogP contribution in [0.3, 0.4) is 0 Å². The van der Waals surface area contributed by atoms with E-state index < -0.39 is 11.7 Å². The first kappa shape index (κ1) is 20.9. The summed E-state index contributed by atoms with van der Waals surface area (Å²) in [4.78, 5) is 25.4. The van der Waals surface area contributed by atoms with Gasteiger partial charge >= 0.3 is 6.18 Å². The first-order valence-corrected chi connectivity index (χ1v) is 10.2. The van der Waals surface area contributed by atoms with Crippen LogP contribution in [0.5, 0.6) is 0 Å². The van der Waals surface area contributed by atoms with E-state index in [2.05, 4.69) is 20.3 Å². The predicted octanol–water partition coefficient (Wildman–Crippen LogP) is 4.85. The highest BCUT2D eigenvalue weighted by Crippen LogP contribution is 2.30. The summed E-state index contributed by atoms with van der Waals surface area (Å²) in [6.07, 6.45) is -0.906. The molecule has 31 heavy (non-hydrogen) atoms. The van der Waals surface area contributed by atoms with Crippen molar-refractivity contribution in [1.82, 2.24) is 19.4 Å². The van der Waals surface area contributed by atoms with Crippen molar-refractivity contribution in [2.45, 2.75) is 18.3 Å². The lowest BCUT2D eigenvalue weighted by Crippen LogP contribution is -2.14. The molecule has 0 bridgehead atoms. The van der Waals surface area contributed by atoms with E-state index in [1.54, 1.807) is 12.3 Å². The number of benzene rings is 1. The topological polar surface area (TPSA) is 72.2 Å². The van der Waals surface area contributed by atoms with E-state index in [-0.39, 0.29) is 17.3 Å². The molecule has 0 atom stereocenters. The molecule has 0 saturated heterocycles. The lowest BCUT2D eigenvalue weighted by atomic mass is 10.2. The van der Waals surface area contributed by atoms with E-state index in [4.69, 9.17) is 0 Å². The Bertz CT molecular complexity index is 1240. The second-order valence-electron chi connectivity index (χ2n) is 6.61. The van der Waals surface area contributed by atoms with Gasteiger partial charge in [0.25, 0.3) is 0 Å². The largest absolute Gasteiger partial charge is 0.416 e. The third kappa shape index (κ3) is 4.69. The molecule has 6 nitrogen and oxygen atoms in total. The van der Waals surface area contributed by atoms with Gasteiger partial charge in [0.15, 0.2) is 5.16 Å². The number of carbonyl (C=O) groups excluding carboxylic acids is 1. The van der Waals surface area contributed by atoms with Gasteiger partial charge in [0.1, 0.15) is 5.65 Å². The average Bonchev–Trinajstić information content (AvgIpc) is 3.08. The van der Waals surface area contributed by atoms with Crippen molar-refractivity contribution in [3.8, 4) is 11.4 Å². The number of nitrogens with one attached hydrogen (secondary N) is 1. The molecule has 0 saturated carbocycles. The van der Waals surface area contributed by atoms with Gasteiger partial charge in [0.2, 0.25) is 5.91 Å². The molecule has 4 rings (SSSR count). The minimum absolute atomic E-state index is 0.0105. The number of rotatable bonds is 5. The maximum atomic E-state index is 12.6. The SMILES string of the molecule is Cc1nc2ccccn2c1-c1ccnc(SCC(=O)Nc2ccc(C(F)(F)F)cc2)n1. The minimum Gasteiger partial charge on any atom is -0.325 e. The van der Waals surface area contributed by atoms with Crippen LogP contribution in [0.1, 0.15) is 11.3 Å². The number of amides is 1. The van der Waals surface area contributed by atoms with Crippen LogP contribution in [0.4, 0.5) is 18.9 Å². The van der Waals surface area contributed by atoms with Crippen LogP contribution in [0.15, 0.2) is 66.1 Å². The van der Waals surface area contributed by atoms with Crippen LogP contribution in [-0.4, -0.2) is 31.0 Å². The maximum absolute atomic E-state index is 12.6. The first-order chi connectivity index (χ1) is 14.8. The molecule has 0 radical (unpaired) electrons. The average molecular weight is 443 g/mol. The Balaban J connectivity index is 1.44. The molecule has 1 aromatic carbocycles. The fraction of sp³-hybridized carbons (Fsp3) is 0.143. The number of alkyl halides is 3. The van der Waals surface area contributed by atoms with Gasteiger partial charge in [0.05, 0.1) is 28.4 Å². The molecular formula is C21H16F3N5OS. The molecule has 10 heteroatoms. The summed E-state index contributed by atoms with van der Waals surface area (Å²) in [6, 6.07) is 11.8. The number of anilines is 1. The minimum atomic E-state index is -4.42. The number of halogens is 3. The van der Waals surface area contributed by atoms with E-state index in [0.717, 1.165) is 40.9 Å². The normalized spacial score (nSPS) is 11.6. The molecule has 0 aliphatic carbocycles. The number of nitrogens with zero attached hydrogens (tertiary/aromatic N) is 4. The van der Waals surface area contributed by atoms with Gasteiger partial charge in [-0.05, 0) is 49.4 Å². The van der Waals surface area contributed by atoms with E-state index in [0.29, 0.717) is 10.9 Å². The Kier molecular flexibility index (Phi) is 5.64. The first-order valence-electron chi connectivity index (χ1n) is 9.18. The number of aromatic nitrogens is 4. The van der Waals surface area contributed by atoms with Crippen molar-refractivity contribution >= 4 is 29.0 Å². The van der Waals surface area contributed by atoms with Gasteiger partial charge in [-0.15, -0.1) is 0 Å². The number of fused-ring (bicyclic) bond motifs is 1. The van der Waals surface area contributed by atoms with Crippen LogP contribution >= 0.6 is 11.8 Å². The zero-order chi connectivity index (χ0) is 22.0. The predicted molar refractivity (Wildman–Crippen MR) is 112 cm³/mol. The second kappa shape index (κ2) is 8.38. The van der Waals surface area contributed by atoms with E-state index >= 15 is 0 Å². The molecule has 1 N–H and O–H groups in total. The van der Waals surface area contributed by atoms with Crippen molar-refractivity contribution in [2.75, 3.05) is 11.1 Å². The molecule has 1 amide bonds. The van der Waals surface area contributed by atoms with E-state index in [9.17, 15) is 18.0 Å². The maximum Gasteiger partial charge on any atom is 0.416 e. The fourth-order valence-electron chi connectivity index (χ4n) is 3.03. The summed E-state index contributed by atoms with van der Waals surface area (Å²) in [7, 11) is 0. The van der Waals surface area contributed by atoms with Gasteiger partial charge in [-0.3, -0.25) is 9.20 Å². The number of hydrogen-bond acceptors (Lipinski definition) is 5. The number of imidazole rings is 1. The Morgan fingerprint density at radius 1 is 1.10 bits per heavy atom. The molecule has 158 valence electrons. The summed E-state index contributed by atoms with van der Waals surface area (Å²) < 4.78 is 39.8. The Labute approximate surface area is 179 Å². The van der Waals surface area contributed by atoms with Crippen molar-refractivity contribution in [3.63, 3.8) is 0 Å². The third-order valence-corrected chi connectivity index (χ3v) is 5.27. The van der Waals surface area contributed by atoms with Crippen molar-refractivity contribution < 1.29 is 18.0 Å². The monoisotopic (exact) mass is 443 g/mol. The molecule has 3 heterocycles. The number of hydrogen-bond donors (Lipinski definition) is 1. The zero-order valence-corrected chi connectivity index (χ0v) is 17.0. The highest BCUT2D eigenvalue weighted by molar-refractivity contribution is 7.99. The highest BCUT2D eigenvalue weighted by Gasteiger charge is 2.30. The standard InChI is InChI=1S/C21H16F3N5OS/c1-13-19(29-11-3-2-4-17(29)26-13)16-9-10-25-20(28-16)31-12-18(30)27-15-7-5-14(6-8-15)21(22,23)24/h2-11H,12H2,1H3,(H,27,30). The highest BCUT2D eigenvalue weighted by atomic mass is 32.2. The lowest BCUT2D eigenvalue weighted by Gasteiger charge is -2.09. The van der Waals surface area contributed by atoms with E-state index in [1.165, 1.54) is 12.1 Å². The molecule has 0 unspecified atom stereocenters. The molecule has 0 aliphatic heterocycles. The summed E-state index contributed by atoms with van der Waals surface area (Å²) in [5.41, 5.74) is 2.66. The Morgan fingerprint density at radius 3 is 2.61 bits per heavy atom. The summed E-state index contributed by atoms with van der Waals surface area (Å²) >= 11 is 1.13. The van der Waals surface area contributed by atoms with Gasteiger partial charge in [-0.25, -0.2) is 15.0 Å². The molecular weight excluding hydrogens is 427 g/mol. The summed E-state index contributed by atoms with van der Waals surface area (Å²) in [5, 5.41) is 2.98. The quantitative estimate of drug-likeness (QED) is 0.353. The zero-order valence-electron chi connectivity index (χ0n) is 16.2. The fourth-order valence-corrected chi connectivity index (χ4v) is 3.66. The molecule has 0 spiro atoms. The lowest BCUT2D eigenvalue weighted by molar-refractivity contribution is -0.137. The van der Waals surface area contributed by atoms with Crippen LogP contribution < -0.4 is 5.32 Å². The molecule has 0 fully saturated rings. The molecule has 0 aliphatic rings. The number of pyridine rings is 1. The van der Waals surface area contributed by atoms with Gasteiger partial charge in [0, 0.05) is 18.1 Å². The summed E-state index contributed by atoms with van der Waals surface area (Å²) in [5.74, 6) is -0.360. The van der Waals surface area contributed by atoms with Gasteiger partial charge in [-0.1, -0.05) is 17.8 Å². The third-order valence-electron chi connectivity index (χ3n) is 4.41. The Morgan fingerprint density at radius 2 is 1.87 bits per heavy atom. The van der Waals surface area contributed by atoms with Crippen molar-refractivity contribution in [1.29, 1.82) is 0 Å². The van der Waals surface area contributed by atoms with E-state index in [1.807, 2.05) is 35.7 Å². The van der Waals surface area contributed by atoms with Crippen molar-refractivity contribution in [2.24, 2.45) is 0 Å². The smallest absolute Gasteiger partial charge is 0.325 e. The van der Waals surface area contributed by atoms with Crippen LogP contribution in [-0.2, 0) is 11.0 Å². The molecule has 3 aromatic heterocycles. The van der Waals surface area contributed by atoms with Gasteiger partial charge < -0.3 is 5.32 Å². The molecule has 4 aromatic rings. The van der Waals surface area contributed by atoms with Crippen LogP contribution in [0.2, 0.25) is 0 Å².